The van der Waals surface area contributed by atoms with Gasteiger partial charge in [-0.2, -0.15) is 0 Å². The number of benzene rings is 1. The zero-order valence-electron chi connectivity index (χ0n) is 9.16. The fourth-order valence-electron chi connectivity index (χ4n) is 1.85. The summed E-state index contributed by atoms with van der Waals surface area (Å²) in [6.45, 7) is 5.50. The number of anilines is 1. The van der Waals surface area contributed by atoms with Crippen LogP contribution in [-0.2, 0) is 10.2 Å². The fourth-order valence-corrected chi connectivity index (χ4v) is 1.85. The Morgan fingerprint density at radius 1 is 1.40 bits per heavy atom. The van der Waals surface area contributed by atoms with Gasteiger partial charge in [-0.05, 0) is 38.0 Å². The van der Waals surface area contributed by atoms with Crippen LogP contribution in [0.1, 0.15) is 38.0 Å². The summed E-state index contributed by atoms with van der Waals surface area (Å²) in [7, 11) is 0. The first-order chi connectivity index (χ1) is 6.93. The highest BCUT2D eigenvalue weighted by molar-refractivity contribution is 6.05. The van der Waals surface area contributed by atoms with Gasteiger partial charge in [0, 0.05) is 5.69 Å². The van der Waals surface area contributed by atoms with Crippen LogP contribution in [0, 0.1) is 0 Å². The molecule has 0 aromatic heterocycles. The van der Waals surface area contributed by atoms with E-state index >= 15 is 0 Å². The lowest BCUT2D eigenvalue weighted by atomic mass is 9.85. The lowest BCUT2D eigenvalue weighted by molar-refractivity contribution is -0.119. The van der Waals surface area contributed by atoms with Crippen LogP contribution in [0.5, 0.6) is 0 Å². The molecular formula is C12H15NO2. The Balaban J connectivity index is 2.55. The SMILES string of the molecule is C[C@H](O)c1ccc2c(c1)C(C)(C)C(=O)N2. The molecule has 0 bridgehead atoms. The standard InChI is InChI=1S/C12H15NO2/c1-7(14)8-4-5-10-9(6-8)12(2,3)11(15)13-10/h4-7,14H,1-3H3,(H,13,15)/t7-/m0/s1. The third kappa shape index (κ3) is 1.43. The summed E-state index contributed by atoms with van der Waals surface area (Å²) in [5.74, 6) is 0.0141. The number of nitrogens with one attached hydrogen (secondary N) is 1. The van der Waals surface area contributed by atoms with Gasteiger partial charge in [0.1, 0.15) is 0 Å². The van der Waals surface area contributed by atoms with Crippen LogP contribution in [-0.4, -0.2) is 11.0 Å². The molecule has 3 nitrogen and oxygen atoms in total. The normalized spacial score (nSPS) is 19.6. The maximum Gasteiger partial charge on any atom is 0.234 e. The molecule has 0 aliphatic carbocycles. The second kappa shape index (κ2) is 3.07. The van der Waals surface area contributed by atoms with Crippen molar-refractivity contribution in [1.29, 1.82) is 0 Å². The number of carbonyl (C=O) groups excluding carboxylic acids is 1. The Bertz CT molecular complexity index is 422. The number of fused-ring (bicyclic) bond motifs is 1. The van der Waals surface area contributed by atoms with E-state index in [-0.39, 0.29) is 5.91 Å². The van der Waals surface area contributed by atoms with Gasteiger partial charge in [0.25, 0.3) is 0 Å². The third-order valence-corrected chi connectivity index (χ3v) is 3.02. The number of hydrogen-bond donors (Lipinski definition) is 2. The molecule has 0 radical (unpaired) electrons. The Morgan fingerprint density at radius 2 is 2.07 bits per heavy atom. The van der Waals surface area contributed by atoms with Gasteiger partial charge >= 0.3 is 0 Å². The smallest absolute Gasteiger partial charge is 0.234 e. The van der Waals surface area contributed by atoms with Crippen molar-refractivity contribution in [3.05, 3.63) is 29.3 Å². The predicted octanol–water partition coefficient (Wildman–Crippen LogP) is 1.97. The summed E-state index contributed by atoms with van der Waals surface area (Å²) in [6.07, 6.45) is -0.498. The van der Waals surface area contributed by atoms with E-state index in [0.717, 1.165) is 16.8 Å². The molecule has 1 amide bonds. The molecule has 1 aromatic rings. The van der Waals surface area contributed by atoms with Gasteiger partial charge in [-0.1, -0.05) is 12.1 Å². The van der Waals surface area contributed by atoms with Crippen LogP contribution in [0.15, 0.2) is 18.2 Å². The summed E-state index contributed by atoms with van der Waals surface area (Å²) in [5, 5.41) is 12.3. The predicted molar refractivity (Wildman–Crippen MR) is 58.7 cm³/mol. The van der Waals surface area contributed by atoms with Crippen LogP contribution in [0.3, 0.4) is 0 Å². The number of aliphatic hydroxyl groups excluding tert-OH is 1. The molecule has 0 fully saturated rings. The molecule has 3 heteroatoms. The molecule has 15 heavy (non-hydrogen) atoms. The lowest BCUT2D eigenvalue weighted by Gasteiger charge is -2.16. The second-order valence-corrected chi connectivity index (χ2v) is 4.56. The largest absolute Gasteiger partial charge is 0.389 e. The van der Waals surface area contributed by atoms with Crippen LogP contribution < -0.4 is 5.32 Å². The number of aliphatic hydroxyl groups is 1. The van der Waals surface area contributed by atoms with Crippen molar-refractivity contribution in [2.75, 3.05) is 5.32 Å². The minimum absolute atomic E-state index is 0.0141. The quantitative estimate of drug-likeness (QED) is 0.736. The summed E-state index contributed by atoms with van der Waals surface area (Å²) < 4.78 is 0. The van der Waals surface area contributed by atoms with Gasteiger partial charge in [-0.15, -0.1) is 0 Å². The summed E-state index contributed by atoms with van der Waals surface area (Å²) in [5.41, 5.74) is 2.17. The first kappa shape index (κ1) is 10.2. The molecule has 80 valence electrons. The topological polar surface area (TPSA) is 49.3 Å². The Hall–Kier alpha value is -1.35. The first-order valence-electron chi connectivity index (χ1n) is 5.07. The highest BCUT2D eigenvalue weighted by atomic mass is 16.3. The van der Waals surface area contributed by atoms with Gasteiger partial charge in [0.05, 0.1) is 11.5 Å². The van der Waals surface area contributed by atoms with Crippen molar-refractivity contribution >= 4 is 11.6 Å². The third-order valence-electron chi connectivity index (χ3n) is 3.02. The van der Waals surface area contributed by atoms with Gasteiger partial charge in [-0.3, -0.25) is 4.79 Å². The van der Waals surface area contributed by atoms with Gasteiger partial charge < -0.3 is 10.4 Å². The van der Waals surface area contributed by atoms with E-state index in [0.29, 0.717) is 0 Å². The lowest BCUT2D eigenvalue weighted by Crippen LogP contribution is -2.26. The molecule has 2 N–H and O–H groups in total. The molecule has 2 rings (SSSR count). The first-order valence-corrected chi connectivity index (χ1v) is 5.07. The molecule has 1 aliphatic heterocycles. The molecular weight excluding hydrogens is 190 g/mol. The van der Waals surface area contributed by atoms with Crippen molar-refractivity contribution in [3.63, 3.8) is 0 Å². The zero-order chi connectivity index (χ0) is 11.2. The van der Waals surface area contributed by atoms with Crippen LogP contribution >= 0.6 is 0 Å². The van der Waals surface area contributed by atoms with Gasteiger partial charge in [-0.25, -0.2) is 0 Å². The van der Waals surface area contributed by atoms with Crippen LogP contribution in [0.2, 0.25) is 0 Å². The number of hydrogen-bond acceptors (Lipinski definition) is 2. The molecule has 0 spiro atoms. The monoisotopic (exact) mass is 205 g/mol. The molecule has 1 aromatic carbocycles. The van der Waals surface area contributed by atoms with E-state index in [1.165, 1.54) is 0 Å². The fraction of sp³-hybridized carbons (Fsp3) is 0.417. The van der Waals surface area contributed by atoms with Gasteiger partial charge in [0.15, 0.2) is 0 Å². The van der Waals surface area contributed by atoms with E-state index in [9.17, 15) is 9.90 Å². The Morgan fingerprint density at radius 3 is 2.67 bits per heavy atom. The van der Waals surface area contributed by atoms with E-state index in [1.807, 2.05) is 32.0 Å². The molecule has 0 saturated heterocycles. The highest BCUT2D eigenvalue weighted by Gasteiger charge is 2.38. The summed E-state index contributed by atoms with van der Waals surface area (Å²) >= 11 is 0. The van der Waals surface area contributed by atoms with Crippen molar-refractivity contribution in [2.24, 2.45) is 0 Å². The molecule has 0 saturated carbocycles. The number of carbonyl (C=O) groups is 1. The zero-order valence-corrected chi connectivity index (χ0v) is 9.16. The maximum absolute atomic E-state index is 11.7. The minimum atomic E-state index is -0.500. The number of rotatable bonds is 1. The average Bonchev–Trinajstić information content (AvgIpc) is 2.38. The van der Waals surface area contributed by atoms with E-state index < -0.39 is 11.5 Å². The highest BCUT2D eigenvalue weighted by Crippen LogP contribution is 2.38. The van der Waals surface area contributed by atoms with Crippen molar-refractivity contribution < 1.29 is 9.90 Å². The molecule has 0 unspecified atom stereocenters. The summed E-state index contributed by atoms with van der Waals surface area (Å²) in [4.78, 5) is 11.7. The van der Waals surface area contributed by atoms with Crippen LogP contribution in [0.25, 0.3) is 0 Å². The van der Waals surface area contributed by atoms with E-state index in [2.05, 4.69) is 5.32 Å². The van der Waals surface area contributed by atoms with Crippen LogP contribution in [0.4, 0.5) is 5.69 Å². The molecule has 1 atom stereocenters. The Kier molecular flexibility index (Phi) is 2.08. The molecule has 1 aliphatic rings. The molecule has 1 heterocycles. The van der Waals surface area contributed by atoms with Gasteiger partial charge in [0.2, 0.25) is 5.91 Å². The van der Waals surface area contributed by atoms with E-state index in [1.54, 1.807) is 6.92 Å². The Labute approximate surface area is 89.1 Å². The van der Waals surface area contributed by atoms with Crippen molar-refractivity contribution in [1.82, 2.24) is 0 Å². The summed E-state index contributed by atoms with van der Waals surface area (Å²) in [6, 6.07) is 5.59. The maximum atomic E-state index is 11.7. The van der Waals surface area contributed by atoms with E-state index in [4.69, 9.17) is 0 Å². The second-order valence-electron chi connectivity index (χ2n) is 4.56. The minimum Gasteiger partial charge on any atom is -0.389 e. The van der Waals surface area contributed by atoms with Crippen molar-refractivity contribution in [2.45, 2.75) is 32.3 Å². The number of amides is 1. The average molecular weight is 205 g/mol. The van der Waals surface area contributed by atoms with Crippen molar-refractivity contribution in [3.8, 4) is 0 Å².